The zero-order chi connectivity index (χ0) is 26.8. The number of aromatic nitrogens is 1. The summed E-state index contributed by atoms with van der Waals surface area (Å²) in [5.74, 6) is -0.164. The normalized spacial score (nSPS) is 15.3. The Hall–Kier alpha value is -3.60. The van der Waals surface area contributed by atoms with Crippen LogP contribution in [0.3, 0.4) is 0 Å². The van der Waals surface area contributed by atoms with Crippen molar-refractivity contribution in [3.63, 3.8) is 0 Å². The number of nitro groups is 1. The number of amides is 1. The van der Waals surface area contributed by atoms with Crippen molar-refractivity contribution in [3.8, 4) is 5.69 Å². The molecule has 1 saturated heterocycles. The van der Waals surface area contributed by atoms with Crippen LogP contribution < -0.4 is 5.32 Å². The Balaban J connectivity index is 1.33. The number of rotatable bonds is 6. The van der Waals surface area contributed by atoms with Gasteiger partial charge in [0.2, 0.25) is 0 Å². The average Bonchev–Trinajstić information content (AvgIpc) is 3.38. The Labute approximate surface area is 236 Å². The van der Waals surface area contributed by atoms with Crippen LogP contribution in [-0.2, 0) is 4.79 Å². The van der Waals surface area contributed by atoms with Crippen molar-refractivity contribution in [3.05, 3.63) is 115 Å². The second-order valence-electron chi connectivity index (χ2n) is 8.47. The van der Waals surface area contributed by atoms with Gasteiger partial charge in [0.1, 0.15) is 0 Å². The largest absolute Gasteiger partial charge is 0.318 e. The van der Waals surface area contributed by atoms with Gasteiger partial charge in [-0.25, -0.2) is 4.99 Å². The number of nitrogens with zero attached hydrogens (tertiary/aromatic N) is 3. The highest BCUT2D eigenvalue weighted by atomic mass is 79.9. The minimum atomic E-state index is -0.399. The Morgan fingerprint density at radius 3 is 2.26 bits per heavy atom. The summed E-state index contributed by atoms with van der Waals surface area (Å²) in [6.07, 6.45) is 1.90. The van der Waals surface area contributed by atoms with E-state index in [0.29, 0.717) is 10.1 Å². The SMILES string of the molecule is Cc1cc(/C=C2/SC(=Nc3ccc(Br)cc3)NC2=O)c(C)n1-c1ccc(Sc2ccc([N+](=O)[O-])cc2)cc1. The van der Waals surface area contributed by atoms with E-state index in [0.717, 1.165) is 42.6 Å². The van der Waals surface area contributed by atoms with Gasteiger partial charge in [0.15, 0.2) is 5.17 Å². The molecule has 0 radical (unpaired) electrons. The van der Waals surface area contributed by atoms with Gasteiger partial charge in [-0.2, -0.15) is 0 Å². The lowest BCUT2D eigenvalue weighted by molar-refractivity contribution is -0.384. The third-order valence-corrected chi connectivity index (χ3v) is 8.30. The summed E-state index contributed by atoms with van der Waals surface area (Å²) >= 11 is 6.29. The number of non-ortho nitro benzene ring substituents is 1. The van der Waals surface area contributed by atoms with E-state index in [9.17, 15) is 14.9 Å². The number of halogens is 1. The van der Waals surface area contributed by atoms with Gasteiger partial charge in [0.25, 0.3) is 11.6 Å². The van der Waals surface area contributed by atoms with Crippen LogP contribution in [0.4, 0.5) is 11.4 Å². The molecule has 0 atom stereocenters. The van der Waals surface area contributed by atoms with E-state index in [2.05, 4.69) is 36.9 Å². The summed E-state index contributed by atoms with van der Waals surface area (Å²) in [5.41, 5.74) is 4.91. The van der Waals surface area contributed by atoms with E-state index in [1.807, 2.05) is 68.5 Å². The number of aryl methyl sites for hydroxylation is 1. The molecule has 0 saturated carbocycles. The van der Waals surface area contributed by atoms with E-state index in [4.69, 9.17) is 0 Å². The van der Waals surface area contributed by atoms with Crippen molar-refractivity contribution in [2.75, 3.05) is 0 Å². The van der Waals surface area contributed by atoms with E-state index in [1.165, 1.54) is 23.9 Å². The highest BCUT2D eigenvalue weighted by Crippen LogP contribution is 2.33. The van der Waals surface area contributed by atoms with Gasteiger partial charge in [0, 0.05) is 43.5 Å². The van der Waals surface area contributed by atoms with Crippen LogP contribution in [0.1, 0.15) is 17.0 Å². The standard InChI is InChI=1S/C28H21BrN4O3S2/c1-17-15-19(16-26-27(34)31-28(38-26)30-21-5-3-20(29)4-6-21)18(2)32(17)22-7-11-24(12-8-22)37-25-13-9-23(10-14-25)33(35)36/h3-16H,1-2H3,(H,30,31,34)/b26-16+. The topological polar surface area (TPSA) is 89.5 Å². The molecular weight excluding hydrogens is 584 g/mol. The summed E-state index contributed by atoms with van der Waals surface area (Å²) in [6, 6.07) is 24.3. The molecule has 4 aromatic rings. The summed E-state index contributed by atoms with van der Waals surface area (Å²) in [5, 5.41) is 14.3. The first-order valence-electron chi connectivity index (χ1n) is 11.5. The van der Waals surface area contributed by atoms with Gasteiger partial charge in [-0.15, -0.1) is 0 Å². The summed E-state index contributed by atoms with van der Waals surface area (Å²) in [7, 11) is 0. The molecule has 3 aromatic carbocycles. The highest BCUT2D eigenvalue weighted by Gasteiger charge is 2.24. The molecule has 0 unspecified atom stereocenters. The number of amidine groups is 1. The van der Waals surface area contributed by atoms with Gasteiger partial charge in [-0.05, 0) is 104 Å². The predicted octanol–water partition coefficient (Wildman–Crippen LogP) is 7.81. The second kappa shape index (κ2) is 11.0. The van der Waals surface area contributed by atoms with Crippen molar-refractivity contribution in [2.24, 2.45) is 4.99 Å². The third-order valence-electron chi connectivity index (χ3n) is 5.84. The lowest BCUT2D eigenvalue weighted by Crippen LogP contribution is -2.19. The molecule has 38 heavy (non-hydrogen) atoms. The molecule has 2 heterocycles. The van der Waals surface area contributed by atoms with E-state index >= 15 is 0 Å². The van der Waals surface area contributed by atoms with Crippen LogP contribution >= 0.6 is 39.5 Å². The second-order valence-corrected chi connectivity index (χ2v) is 11.6. The lowest BCUT2D eigenvalue weighted by atomic mass is 10.2. The Morgan fingerprint density at radius 2 is 1.63 bits per heavy atom. The lowest BCUT2D eigenvalue weighted by Gasteiger charge is -2.11. The minimum absolute atomic E-state index is 0.0793. The summed E-state index contributed by atoms with van der Waals surface area (Å²) in [4.78, 5) is 30.2. The van der Waals surface area contributed by atoms with Gasteiger partial charge >= 0.3 is 0 Å². The van der Waals surface area contributed by atoms with Crippen LogP contribution in [-0.4, -0.2) is 20.6 Å². The fraction of sp³-hybridized carbons (Fsp3) is 0.0714. The van der Waals surface area contributed by atoms with Crippen LogP contribution in [0.15, 0.2) is 103 Å². The van der Waals surface area contributed by atoms with Crippen LogP contribution in [0.25, 0.3) is 11.8 Å². The van der Waals surface area contributed by atoms with Crippen LogP contribution in [0, 0.1) is 24.0 Å². The molecule has 10 heteroatoms. The molecule has 0 aliphatic carbocycles. The monoisotopic (exact) mass is 604 g/mol. The first-order chi connectivity index (χ1) is 18.3. The Kier molecular flexibility index (Phi) is 7.55. The van der Waals surface area contributed by atoms with Gasteiger partial charge in [-0.3, -0.25) is 14.9 Å². The third kappa shape index (κ3) is 5.77. The fourth-order valence-electron chi connectivity index (χ4n) is 4.02. The molecule has 1 aliphatic rings. The Morgan fingerprint density at radius 1 is 1.00 bits per heavy atom. The maximum absolute atomic E-state index is 12.6. The van der Waals surface area contributed by atoms with E-state index in [-0.39, 0.29) is 11.6 Å². The van der Waals surface area contributed by atoms with Crippen molar-refractivity contribution in [2.45, 2.75) is 23.6 Å². The van der Waals surface area contributed by atoms with Gasteiger partial charge in [-0.1, -0.05) is 27.7 Å². The minimum Gasteiger partial charge on any atom is -0.318 e. The number of carbonyl (C=O) groups is 1. The van der Waals surface area contributed by atoms with Crippen LogP contribution in [0.5, 0.6) is 0 Å². The number of thioether (sulfide) groups is 1. The molecule has 0 spiro atoms. The summed E-state index contributed by atoms with van der Waals surface area (Å²) < 4.78 is 3.12. The molecule has 1 aliphatic heterocycles. The number of aliphatic imine (C=N–C) groups is 1. The van der Waals surface area contributed by atoms with Gasteiger partial charge < -0.3 is 9.88 Å². The molecule has 190 valence electrons. The molecular formula is C28H21BrN4O3S2. The van der Waals surface area contributed by atoms with E-state index in [1.54, 1.807) is 23.9 Å². The number of nitro benzene ring substituents is 1. The number of benzene rings is 3. The zero-order valence-electron chi connectivity index (χ0n) is 20.3. The van der Waals surface area contributed by atoms with Crippen molar-refractivity contribution < 1.29 is 9.72 Å². The smallest absolute Gasteiger partial charge is 0.269 e. The Bertz CT molecular complexity index is 1590. The fourth-order valence-corrected chi connectivity index (χ4v) is 5.93. The number of carbonyl (C=O) groups excluding carboxylic acids is 1. The quantitative estimate of drug-likeness (QED) is 0.138. The maximum Gasteiger partial charge on any atom is 0.269 e. The predicted molar refractivity (Wildman–Crippen MR) is 157 cm³/mol. The zero-order valence-corrected chi connectivity index (χ0v) is 23.6. The van der Waals surface area contributed by atoms with Crippen LogP contribution in [0.2, 0.25) is 0 Å². The number of hydrogen-bond acceptors (Lipinski definition) is 6. The first-order valence-corrected chi connectivity index (χ1v) is 14.0. The molecule has 1 aromatic heterocycles. The molecule has 5 rings (SSSR count). The molecule has 7 nitrogen and oxygen atoms in total. The summed E-state index contributed by atoms with van der Waals surface area (Å²) in [6.45, 7) is 4.07. The van der Waals surface area contributed by atoms with Crippen molar-refractivity contribution >= 4 is 68.0 Å². The average molecular weight is 606 g/mol. The molecule has 1 fully saturated rings. The van der Waals surface area contributed by atoms with Crippen molar-refractivity contribution in [1.82, 2.24) is 9.88 Å². The highest BCUT2D eigenvalue weighted by molar-refractivity contribution is 9.10. The van der Waals surface area contributed by atoms with Crippen molar-refractivity contribution in [1.29, 1.82) is 0 Å². The molecule has 0 bridgehead atoms. The van der Waals surface area contributed by atoms with E-state index < -0.39 is 4.92 Å². The maximum atomic E-state index is 12.6. The molecule has 1 N–H and O–H groups in total. The number of hydrogen-bond donors (Lipinski definition) is 1. The molecule has 1 amide bonds. The van der Waals surface area contributed by atoms with Gasteiger partial charge in [0.05, 0.1) is 15.5 Å². The number of nitrogens with one attached hydrogen (secondary N) is 1. The first kappa shape index (κ1) is 26.0.